The number of guanidine groups is 1. The van der Waals surface area contributed by atoms with Crippen LogP contribution in [-0.2, 0) is 9.53 Å². The molecule has 1 saturated heterocycles. The van der Waals surface area contributed by atoms with Crippen LogP contribution in [0, 0.1) is 5.92 Å². The lowest BCUT2D eigenvalue weighted by Gasteiger charge is -2.34. The zero-order chi connectivity index (χ0) is 17.6. The Labute approximate surface area is 150 Å². The number of rotatable bonds is 5. The number of carbonyl (C=O) groups is 1. The molecule has 2 fully saturated rings. The van der Waals surface area contributed by atoms with Gasteiger partial charge in [-0.05, 0) is 38.7 Å². The van der Waals surface area contributed by atoms with Crippen LogP contribution in [0.4, 0.5) is 0 Å². The van der Waals surface area contributed by atoms with Crippen LogP contribution in [0.3, 0.4) is 0 Å². The molecule has 136 valence electrons. The van der Waals surface area contributed by atoms with Gasteiger partial charge in [0.15, 0.2) is 5.96 Å². The van der Waals surface area contributed by atoms with Gasteiger partial charge in [-0.3, -0.25) is 9.79 Å². The minimum absolute atomic E-state index is 0.0401. The number of ether oxygens (including phenoxy) is 1. The second-order valence-corrected chi connectivity index (χ2v) is 6.84. The van der Waals surface area contributed by atoms with E-state index in [1.165, 1.54) is 5.56 Å². The molecule has 1 heterocycles. The first kappa shape index (κ1) is 17.8. The number of piperidine rings is 1. The highest BCUT2D eigenvalue weighted by Gasteiger charge is 2.40. The summed E-state index contributed by atoms with van der Waals surface area (Å²) >= 11 is 0. The van der Waals surface area contributed by atoms with Gasteiger partial charge in [-0.2, -0.15) is 0 Å². The molecule has 3 atom stereocenters. The molecule has 25 heavy (non-hydrogen) atoms. The summed E-state index contributed by atoms with van der Waals surface area (Å²) in [7, 11) is 0. The van der Waals surface area contributed by atoms with Gasteiger partial charge in [0.05, 0.1) is 12.5 Å². The van der Waals surface area contributed by atoms with Gasteiger partial charge < -0.3 is 15.0 Å². The molecule has 1 N–H and O–H groups in total. The molecule has 2 aliphatic rings. The minimum atomic E-state index is -0.0726. The summed E-state index contributed by atoms with van der Waals surface area (Å²) in [6, 6.07) is 11.1. The van der Waals surface area contributed by atoms with Crippen molar-refractivity contribution in [3.63, 3.8) is 0 Å². The second-order valence-electron chi connectivity index (χ2n) is 6.84. The summed E-state index contributed by atoms with van der Waals surface area (Å²) in [5.74, 6) is 1.40. The lowest BCUT2D eigenvalue weighted by Crippen LogP contribution is -2.49. The maximum absolute atomic E-state index is 12.1. The van der Waals surface area contributed by atoms with E-state index in [-0.39, 0.29) is 11.9 Å². The minimum Gasteiger partial charge on any atom is -0.466 e. The number of aliphatic imine (C=N–C) groups is 1. The smallest absolute Gasteiger partial charge is 0.310 e. The third-order valence-corrected chi connectivity index (χ3v) is 4.98. The normalized spacial score (nSPS) is 26.2. The summed E-state index contributed by atoms with van der Waals surface area (Å²) in [5, 5.41) is 3.63. The maximum atomic E-state index is 12.1. The van der Waals surface area contributed by atoms with Crippen LogP contribution in [-0.4, -0.2) is 49.1 Å². The van der Waals surface area contributed by atoms with Crippen molar-refractivity contribution < 1.29 is 9.53 Å². The van der Waals surface area contributed by atoms with Crippen molar-refractivity contribution in [2.45, 2.75) is 45.1 Å². The SMILES string of the molecule is CCN=C(NC1CC1c1ccccc1)N1CCCC(C(=O)OCC)C1. The van der Waals surface area contributed by atoms with Crippen molar-refractivity contribution >= 4 is 11.9 Å². The van der Waals surface area contributed by atoms with E-state index in [0.29, 0.717) is 25.1 Å². The van der Waals surface area contributed by atoms with E-state index in [9.17, 15) is 4.79 Å². The Hall–Kier alpha value is -2.04. The molecule has 0 radical (unpaired) electrons. The number of benzene rings is 1. The topological polar surface area (TPSA) is 53.9 Å². The summed E-state index contributed by atoms with van der Waals surface area (Å²) in [5.41, 5.74) is 1.39. The lowest BCUT2D eigenvalue weighted by molar-refractivity contribution is -0.149. The zero-order valence-corrected chi connectivity index (χ0v) is 15.3. The van der Waals surface area contributed by atoms with Gasteiger partial charge in [0, 0.05) is 31.6 Å². The largest absolute Gasteiger partial charge is 0.466 e. The van der Waals surface area contributed by atoms with Crippen LogP contribution < -0.4 is 5.32 Å². The highest BCUT2D eigenvalue weighted by Crippen LogP contribution is 2.40. The van der Waals surface area contributed by atoms with Crippen molar-refractivity contribution in [1.29, 1.82) is 0 Å². The summed E-state index contributed by atoms with van der Waals surface area (Å²) in [6.45, 7) is 6.75. The molecule has 1 aliphatic heterocycles. The highest BCUT2D eigenvalue weighted by molar-refractivity contribution is 5.82. The van der Waals surface area contributed by atoms with E-state index >= 15 is 0 Å². The van der Waals surface area contributed by atoms with Crippen molar-refractivity contribution in [3.8, 4) is 0 Å². The number of carbonyl (C=O) groups excluding carboxylic acids is 1. The fourth-order valence-electron chi connectivity index (χ4n) is 3.60. The van der Waals surface area contributed by atoms with Gasteiger partial charge in [-0.1, -0.05) is 30.3 Å². The molecule has 5 heteroatoms. The monoisotopic (exact) mass is 343 g/mol. The average molecular weight is 343 g/mol. The molecular formula is C20H29N3O2. The summed E-state index contributed by atoms with van der Waals surface area (Å²) < 4.78 is 5.21. The number of likely N-dealkylation sites (tertiary alicyclic amines) is 1. The Morgan fingerprint density at radius 1 is 1.32 bits per heavy atom. The quantitative estimate of drug-likeness (QED) is 0.507. The molecule has 1 aromatic carbocycles. The van der Waals surface area contributed by atoms with E-state index in [4.69, 9.17) is 4.74 Å². The van der Waals surface area contributed by atoms with Crippen LogP contribution in [0.2, 0.25) is 0 Å². The number of nitrogens with one attached hydrogen (secondary N) is 1. The molecule has 3 rings (SSSR count). The summed E-state index contributed by atoms with van der Waals surface area (Å²) in [6.07, 6.45) is 3.05. The van der Waals surface area contributed by atoms with Gasteiger partial charge in [0.1, 0.15) is 0 Å². The van der Waals surface area contributed by atoms with Crippen molar-refractivity contribution in [2.75, 3.05) is 26.2 Å². The highest BCUT2D eigenvalue weighted by atomic mass is 16.5. The van der Waals surface area contributed by atoms with Crippen molar-refractivity contribution in [1.82, 2.24) is 10.2 Å². The maximum Gasteiger partial charge on any atom is 0.310 e. The number of hydrogen-bond donors (Lipinski definition) is 1. The van der Waals surface area contributed by atoms with Gasteiger partial charge >= 0.3 is 5.97 Å². The Balaban J connectivity index is 1.60. The average Bonchev–Trinajstić information content (AvgIpc) is 3.42. The predicted molar refractivity (Wildman–Crippen MR) is 99.6 cm³/mol. The molecule has 1 saturated carbocycles. The Morgan fingerprint density at radius 3 is 2.84 bits per heavy atom. The third kappa shape index (κ3) is 4.53. The fraction of sp³-hybridized carbons (Fsp3) is 0.600. The van der Waals surface area contributed by atoms with E-state index in [1.54, 1.807) is 0 Å². The van der Waals surface area contributed by atoms with E-state index in [1.807, 2.05) is 6.92 Å². The first-order chi connectivity index (χ1) is 12.2. The Morgan fingerprint density at radius 2 is 2.12 bits per heavy atom. The molecule has 0 bridgehead atoms. The van der Waals surface area contributed by atoms with Crippen LogP contribution in [0.15, 0.2) is 35.3 Å². The molecule has 1 aromatic rings. The lowest BCUT2D eigenvalue weighted by atomic mass is 9.98. The molecular weight excluding hydrogens is 314 g/mol. The molecule has 0 spiro atoms. The zero-order valence-electron chi connectivity index (χ0n) is 15.3. The van der Waals surface area contributed by atoms with Crippen LogP contribution >= 0.6 is 0 Å². The van der Waals surface area contributed by atoms with Crippen molar-refractivity contribution in [3.05, 3.63) is 35.9 Å². The van der Waals surface area contributed by atoms with Crippen LogP contribution in [0.25, 0.3) is 0 Å². The molecule has 0 amide bonds. The molecule has 0 aromatic heterocycles. The van der Waals surface area contributed by atoms with Gasteiger partial charge in [0.2, 0.25) is 0 Å². The molecule has 1 aliphatic carbocycles. The Kier molecular flexibility index (Phi) is 5.95. The van der Waals surface area contributed by atoms with Crippen LogP contribution in [0.1, 0.15) is 44.6 Å². The predicted octanol–water partition coefficient (Wildman–Crippen LogP) is 2.78. The molecule has 3 unspecified atom stereocenters. The molecule has 5 nitrogen and oxygen atoms in total. The van der Waals surface area contributed by atoms with Crippen LogP contribution in [0.5, 0.6) is 0 Å². The number of nitrogens with zero attached hydrogens (tertiary/aromatic N) is 2. The first-order valence-electron chi connectivity index (χ1n) is 9.50. The first-order valence-corrected chi connectivity index (χ1v) is 9.50. The van der Waals surface area contributed by atoms with Gasteiger partial charge in [-0.15, -0.1) is 0 Å². The van der Waals surface area contributed by atoms with E-state index < -0.39 is 0 Å². The van der Waals surface area contributed by atoms with Crippen molar-refractivity contribution in [2.24, 2.45) is 10.9 Å². The Bertz CT molecular complexity index is 602. The van der Waals surface area contributed by atoms with E-state index in [2.05, 4.69) is 52.5 Å². The van der Waals surface area contributed by atoms with E-state index in [0.717, 1.165) is 38.3 Å². The number of esters is 1. The number of hydrogen-bond acceptors (Lipinski definition) is 3. The van der Waals surface area contributed by atoms with Gasteiger partial charge in [0.25, 0.3) is 0 Å². The third-order valence-electron chi connectivity index (χ3n) is 4.98. The second kappa shape index (κ2) is 8.37. The fourth-order valence-corrected chi connectivity index (χ4v) is 3.60. The standard InChI is InChI=1S/C20H29N3O2/c1-3-21-20(22-18-13-17(18)15-9-6-5-7-10-15)23-12-8-11-16(14-23)19(24)25-4-2/h5-7,9-10,16-18H,3-4,8,11-14H2,1-2H3,(H,21,22). The summed E-state index contributed by atoms with van der Waals surface area (Å²) in [4.78, 5) is 19.0. The van der Waals surface area contributed by atoms with Gasteiger partial charge in [-0.25, -0.2) is 0 Å².